The summed E-state index contributed by atoms with van der Waals surface area (Å²) in [4.78, 5) is 15.3. The van der Waals surface area contributed by atoms with Gasteiger partial charge in [0.1, 0.15) is 11.6 Å². The van der Waals surface area contributed by atoms with Crippen LogP contribution in [0.4, 0.5) is 4.39 Å². The average molecular weight is 393 g/mol. The van der Waals surface area contributed by atoms with Gasteiger partial charge < -0.3 is 14.2 Å². The lowest BCUT2D eigenvalue weighted by molar-refractivity contribution is 0.0692. The van der Waals surface area contributed by atoms with Crippen LogP contribution in [0.5, 0.6) is 0 Å². The molecule has 0 aliphatic heterocycles. The lowest BCUT2D eigenvalue weighted by Gasteiger charge is -2.06. The molecule has 2 aromatic heterocycles. The van der Waals surface area contributed by atoms with Gasteiger partial charge in [-0.25, -0.2) is 9.18 Å². The van der Waals surface area contributed by atoms with E-state index in [1.807, 2.05) is 39.0 Å². The first kappa shape index (κ1) is 18.5. The zero-order valence-corrected chi connectivity index (χ0v) is 15.9. The van der Waals surface area contributed by atoms with Gasteiger partial charge in [-0.2, -0.15) is 4.98 Å². The highest BCUT2D eigenvalue weighted by molar-refractivity contribution is 5.88. The number of aromatic nitrogens is 3. The number of rotatable bonds is 4. The van der Waals surface area contributed by atoms with E-state index in [9.17, 15) is 9.18 Å². The Morgan fingerprint density at radius 3 is 2.38 bits per heavy atom. The number of nitrogens with zero attached hydrogens (tertiary/aromatic N) is 3. The monoisotopic (exact) mass is 393 g/mol. The molecule has 0 aliphatic rings. The highest BCUT2D eigenvalue weighted by Gasteiger charge is 2.17. The topological polar surface area (TPSA) is 102 Å². The van der Waals surface area contributed by atoms with Gasteiger partial charge >= 0.3 is 5.97 Å². The summed E-state index contributed by atoms with van der Waals surface area (Å²) < 4.78 is 24.5. The van der Waals surface area contributed by atoms with E-state index in [0.717, 1.165) is 34.2 Å². The minimum atomic E-state index is -1.34. The van der Waals surface area contributed by atoms with E-state index in [2.05, 4.69) is 15.3 Å². The van der Waals surface area contributed by atoms with Crippen LogP contribution in [0.1, 0.15) is 27.4 Å². The van der Waals surface area contributed by atoms with Crippen LogP contribution in [-0.2, 0) is 0 Å². The summed E-state index contributed by atoms with van der Waals surface area (Å²) in [6, 6.07) is 9.37. The summed E-state index contributed by atoms with van der Waals surface area (Å²) in [6.07, 6.45) is 0. The van der Waals surface area contributed by atoms with E-state index >= 15 is 0 Å². The van der Waals surface area contributed by atoms with Crippen molar-refractivity contribution in [3.05, 3.63) is 64.8 Å². The molecule has 2 aromatic carbocycles. The van der Waals surface area contributed by atoms with E-state index in [4.69, 9.17) is 14.2 Å². The molecule has 0 radical (unpaired) electrons. The van der Waals surface area contributed by atoms with Crippen molar-refractivity contribution < 1.29 is 23.3 Å². The van der Waals surface area contributed by atoms with Gasteiger partial charge in [-0.05, 0) is 62.2 Å². The van der Waals surface area contributed by atoms with Crippen LogP contribution in [0.25, 0.3) is 34.0 Å². The predicted molar refractivity (Wildman–Crippen MR) is 102 cm³/mol. The Balaban J connectivity index is 1.67. The standard InChI is InChI=1S/C21H16FN3O4/c1-10-8-14(5-6-15(10)18-11(2)24-28-12(18)3)20-23-19(25-29-20)13-4-7-16(21(26)27)17(22)9-13/h4-9H,1-3H3,(H,26,27). The van der Waals surface area contributed by atoms with Gasteiger partial charge in [0.2, 0.25) is 5.82 Å². The van der Waals surface area contributed by atoms with Crippen LogP contribution in [-0.4, -0.2) is 26.4 Å². The number of carbonyl (C=O) groups is 1. The van der Waals surface area contributed by atoms with Crippen LogP contribution in [0.3, 0.4) is 0 Å². The van der Waals surface area contributed by atoms with Gasteiger partial charge in [0.05, 0.1) is 11.3 Å². The second-order valence-corrected chi connectivity index (χ2v) is 6.65. The van der Waals surface area contributed by atoms with E-state index in [0.29, 0.717) is 11.1 Å². The van der Waals surface area contributed by atoms with Crippen molar-refractivity contribution in [2.24, 2.45) is 0 Å². The minimum Gasteiger partial charge on any atom is -0.478 e. The summed E-state index contributed by atoms with van der Waals surface area (Å²) in [5.74, 6) is -1.01. The molecule has 4 rings (SSSR count). The predicted octanol–water partition coefficient (Wildman–Crippen LogP) is 4.82. The Bertz CT molecular complexity index is 1220. The molecule has 0 saturated heterocycles. The summed E-state index contributed by atoms with van der Waals surface area (Å²) in [7, 11) is 0. The Hall–Kier alpha value is -3.81. The largest absolute Gasteiger partial charge is 0.478 e. The van der Waals surface area contributed by atoms with Crippen LogP contribution in [0.15, 0.2) is 45.4 Å². The normalized spacial score (nSPS) is 11.0. The second-order valence-electron chi connectivity index (χ2n) is 6.65. The number of benzene rings is 2. The zero-order chi connectivity index (χ0) is 20.7. The molecule has 0 amide bonds. The molecule has 0 aliphatic carbocycles. The SMILES string of the molecule is Cc1cc(-c2nc(-c3ccc(C(=O)O)c(F)c3)no2)ccc1-c1c(C)noc1C. The molecular formula is C21H16FN3O4. The lowest BCUT2D eigenvalue weighted by Crippen LogP contribution is -2.00. The van der Waals surface area contributed by atoms with E-state index in [1.54, 1.807) is 0 Å². The molecule has 29 heavy (non-hydrogen) atoms. The second kappa shape index (κ2) is 6.97. The Morgan fingerprint density at radius 2 is 1.76 bits per heavy atom. The summed E-state index contributed by atoms with van der Waals surface area (Å²) in [6.45, 7) is 5.71. The Kier molecular flexibility index (Phi) is 4.46. The smallest absolute Gasteiger partial charge is 0.338 e. The number of aromatic carboxylic acids is 1. The molecule has 0 bridgehead atoms. The van der Waals surface area contributed by atoms with E-state index in [1.165, 1.54) is 12.1 Å². The summed E-state index contributed by atoms with van der Waals surface area (Å²) >= 11 is 0. The minimum absolute atomic E-state index is 0.170. The quantitative estimate of drug-likeness (QED) is 0.530. The maximum Gasteiger partial charge on any atom is 0.338 e. The first-order chi connectivity index (χ1) is 13.8. The molecule has 0 saturated carbocycles. The number of aryl methyl sites for hydroxylation is 3. The van der Waals surface area contributed by atoms with Crippen molar-refractivity contribution >= 4 is 5.97 Å². The van der Waals surface area contributed by atoms with Crippen molar-refractivity contribution in [1.82, 2.24) is 15.3 Å². The Labute approximate surface area is 164 Å². The molecule has 0 spiro atoms. The van der Waals surface area contributed by atoms with Crippen LogP contribution < -0.4 is 0 Å². The van der Waals surface area contributed by atoms with Gasteiger partial charge in [-0.3, -0.25) is 0 Å². The number of hydrogen-bond donors (Lipinski definition) is 1. The first-order valence-electron chi connectivity index (χ1n) is 8.76. The molecule has 4 aromatic rings. The maximum atomic E-state index is 13.9. The molecule has 0 unspecified atom stereocenters. The fourth-order valence-electron chi connectivity index (χ4n) is 3.23. The molecule has 8 heteroatoms. The third kappa shape index (κ3) is 3.29. The third-order valence-electron chi connectivity index (χ3n) is 4.66. The number of hydrogen-bond acceptors (Lipinski definition) is 6. The van der Waals surface area contributed by atoms with Crippen LogP contribution in [0, 0.1) is 26.6 Å². The highest BCUT2D eigenvalue weighted by Crippen LogP contribution is 2.32. The van der Waals surface area contributed by atoms with Crippen LogP contribution >= 0.6 is 0 Å². The van der Waals surface area contributed by atoms with Crippen molar-refractivity contribution in [2.45, 2.75) is 20.8 Å². The molecule has 0 atom stereocenters. The van der Waals surface area contributed by atoms with Crippen molar-refractivity contribution in [1.29, 1.82) is 0 Å². The third-order valence-corrected chi connectivity index (χ3v) is 4.66. The highest BCUT2D eigenvalue weighted by atomic mass is 19.1. The van der Waals surface area contributed by atoms with Gasteiger partial charge in [0.15, 0.2) is 0 Å². The lowest BCUT2D eigenvalue weighted by atomic mass is 9.97. The maximum absolute atomic E-state index is 13.9. The average Bonchev–Trinajstić information content (AvgIpc) is 3.29. The van der Waals surface area contributed by atoms with Crippen molar-refractivity contribution in [3.8, 4) is 34.0 Å². The Morgan fingerprint density at radius 1 is 1.00 bits per heavy atom. The fourth-order valence-corrected chi connectivity index (χ4v) is 3.23. The zero-order valence-electron chi connectivity index (χ0n) is 15.9. The molecule has 0 fully saturated rings. The van der Waals surface area contributed by atoms with E-state index in [-0.39, 0.29) is 11.7 Å². The van der Waals surface area contributed by atoms with Gasteiger partial charge in [-0.15, -0.1) is 0 Å². The molecular weight excluding hydrogens is 377 g/mol. The molecule has 7 nitrogen and oxygen atoms in total. The van der Waals surface area contributed by atoms with Gasteiger partial charge in [0.25, 0.3) is 5.89 Å². The number of carboxylic acids is 1. The van der Waals surface area contributed by atoms with E-state index < -0.39 is 17.3 Å². The summed E-state index contributed by atoms with van der Waals surface area (Å²) in [5, 5.41) is 16.8. The van der Waals surface area contributed by atoms with Crippen molar-refractivity contribution in [2.75, 3.05) is 0 Å². The van der Waals surface area contributed by atoms with Gasteiger partial charge in [0, 0.05) is 16.7 Å². The fraction of sp³-hybridized carbons (Fsp3) is 0.143. The molecule has 1 N–H and O–H groups in total. The number of carboxylic acid groups (broad SMARTS) is 1. The first-order valence-corrected chi connectivity index (χ1v) is 8.76. The van der Waals surface area contributed by atoms with Crippen LogP contribution in [0.2, 0.25) is 0 Å². The summed E-state index contributed by atoms with van der Waals surface area (Å²) in [5.41, 5.74) is 4.36. The van der Waals surface area contributed by atoms with Gasteiger partial charge in [-0.1, -0.05) is 16.4 Å². The molecule has 2 heterocycles. The van der Waals surface area contributed by atoms with Crippen molar-refractivity contribution in [3.63, 3.8) is 0 Å². The number of halogens is 1. The molecule has 146 valence electrons.